The van der Waals surface area contributed by atoms with E-state index in [0.29, 0.717) is 12.2 Å². The molecule has 1 N–H and O–H groups in total. The first kappa shape index (κ1) is 14.7. The Kier molecular flexibility index (Phi) is 4.44. The fraction of sp³-hybridized carbons (Fsp3) is 0.235. The van der Waals surface area contributed by atoms with Gasteiger partial charge in [-0.05, 0) is 37.6 Å². The third-order valence-electron chi connectivity index (χ3n) is 3.31. The molecule has 5 heteroatoms. The maximum absolute atomic E-state index is 12.0. The van der Waals surface area contributed by atoms with Gasteiger partial charge in [-0.15, -0.1) is 11.3 Å². The Morgan fingerprint density at radius 3 is 2.82 bits per heavy atom. The number of carbonyl (C=O) groups is 1. The molecular formula is C17H17N3OS. The number of thiazole rings is 1. The highest BCUT2D eigenvalue weighted by Crippen LogP contribution is 2.22. The summed E-state index contributed by atoms with van der Waals surface area (Å²) in [5, 5.41) is 4.02. The first-order valence-electron chi connectivity index (χ1n) is 7.29. The van der Waals surface area contributed by atoms with Crippen LogP contribution in [-0.4, -0.2) is 22.4 Å². The zero-order valence-electron chi connectivity index (χ0n) is 12.4. The van der Waals surface area contributed by atoms with Gasteiger partial charge in [-0.2, -0.15) is 0 Å². The van der Waals surface area contributed by atoms with Gasteiger partial charge in [0.2, 0.25) is 0 Å². The van der Waals surface area contributed by atoms with Crippen LogP contribution < -0.4 is 5.32 Å². The molecule has 0 aliphatic carbocycles. The SMILES string of the molecule is Cc1cccc(C(=O)NCCCc2nc3ccccc3s2)n1. The van der Waals surface area contributed by atoms with Crippen molar-refractivity contribution in [2.45, 2.75) is 19.8 Å². The van der Waals surface area contributed by atoms with E-state index in [0.717, 1.165) is 29.1 Å². The Morgan fingerprint density at radius 2 is 2.00 bits per heavy atom. The van der Waals surface area contributed by atoms with Crippen LogP contribution in [0.15, 0.2) is 42.5 Å². The minimum atomic E-state index is -0.118. The van der Waals surface area contributed by atoms with Crippen molar-refractivity contribution in [2.75, 3.05) is 6.54 Å². The minimum absolute atomic E-state index is 0.118. The molecule has 0 radical (unpaired) electrons. The van der Waals surface area contributed by atoms with Gasteiger partial charge >= 0.3 is 0 Å². The van der Waals surface area contributed by atoms with Gasteiger partial charge in [-0.3, -0.25) is 4.79 Å². The van der Waals surface area contributed by atoms with E-state index in [1.807, 2.05) is 37.3 Å². The third kappa shape index (κ3) is 3.49. The fourth-order valence-electron chi connectivity index (χ4n) is 2.23. The summed E-state index contributed by atoms with van der Waals surface area (Å²) in [7, 11) is 0. The summed E-state index contributed by atoms with van der Waals surface area (Å²) in [5.74, 6) is -0.118. The maximum atomic E-state index is 12.0. The number of nitrogens with zero attached hydrogens (tertiary/aromatic N) is 2. The monoisotopic (exact) mass is 311 g/mol. The summed E-state index contributed by atoms with van der Waals surface area (Å²) in [4.78, 5) is 20.8. The lowest BCUT2D eigenvalue weighted by Gasteiger charge is -2.04. The minimum Gasteiger partial charge on any atom is -0.351 e. The molecule has 0 atom stereocenters. The van der Waals surface area contributed by atoms with E-state index in [2.05, 4.69) is 21.4 Å². The molecule has 1 aromatic carbocycles. The smallest absolute Gasteiger partial charge is 0.269 e. The lowest BCUT2D eigenvalue weighted by atomic mass is 10.3. The van der Waals surface area contributed by atoms with E-state index in [1.54, 1.807) is 17.4 Å². The molecule has 2 heterocycles. The van der Waals surface area contributed by atoms with Gasteiger partial charge in [0.05, 0.1) is 15.2 Å². The second-order valence-electron chi connectivity index (χ2n) is 5.10. The van der Waals surface area contributed by atoms with Crippen molar-refractivity contribution in [1.82, 2.24) is 15.3 Å². The number of carbonyl (C=O) groups excluding carboxylic acids is 1. The van der Waals surface area contributed by atoms with Gasteiger partial charge in [0.15, 0.2) is 0 Å². The number of benzene rings is 1. The topological polar surface area (TPSA) is 54.9 Å². The Labute approximate surface area is 133 Å². The number of para-hydroxylation sites is 1. The molecule has 0 spiro atoms. The van der Waals surface area contributed by atoms with Crippen molar-refractivity contribution < 1.29 is 4.79 Å². The predicted octanol–water partition coefficient (Wildman–Crippen LogP) is 3.36. The van der Waals surface area contributed by atoms with Crippen LogP contribution in [0.1, 0.15) is 27.6 Å². The quantitative estimate of drug-likeness (QED) is 0.735. The second kappa shape index (κ2) is 6.66. The molecule has 0 saturated heterocycles. The summed E-state index contributed by atoms with van der Waals surface area (Å²) >= 11 is 1.72. The first-order chi connectivity index (χ1) is 10.7. The van der Waals surface area contributed by atoms with Gasteiger partial charge in [0, 0.05) is 18.7 Å². The van der Waals surface area contributed by atoms with Crippen LogP contribution in [0.25, 0.3) is 10.2 Å². The Hall–Kier alpha value is -2.27. The van der Waals surface area contributed by atoms with Crippen LogP contribution in [0.2, 0.25) is 0 Å². The molecule has 0 saturated carbocycles. The van der Waals surface area contributed by atoms with Gasteiger partial charge in [-0.1, -0.05) is 18.2 Å². The van der Waals surface area contributed by atoms with E-state index in [-0.39, 0.29) is 5.91 Å². The Bertz CT molecular complexity index is 764. The summed E-state index contributed by atoms with van der Waals surface area (Å²) in [5.41, 5.74) is 2.37. The number of hydrogen-bond donors (Lipinski definition) is 1. The first-order valence-corrected chi connectivity index (χ1v) is 8.10. The molecule has 112 valence electrons. The third-order valence-corrected chi connectivity index (χ3v) is 4.41. The molecule has 0 aliphatic rings. The Balaban J connectivity index is 1.50. The number of hydrogen-bond acceptors (Lipinski definition) is 4. The standard InChI is InChI=1S/C17H17N3OS/c1-12-6-4-8-14(19-12)17(21)18-11-5-10-16-20-13-7-2-3-9-15(13)22-16/h2-4,6-9H,5,10-11H2,1H3,(H,18,21). The van der Waals surface area contributed by atoms with Crippen LogP contribution in [0.5, 0.6) is 0 Å². The van der Waals surface area contributed by atoms with Crippen LogP contribution in [-0.2, 0) is 6.42 Å². The van der Waals surface area contributed by atoms with Crippen LogP contribution in [0, 0.1) is 6.92 Å². The number of rotatable bonds is 5. The molecule has 0 bridgehead atoms. The molecule has 2 aromatic heterocycles. The Morgan fingerprint density at radius 1 is 1.14 bits per heavy atom. The van der Waals surface area contributed by atoms with Crippen molar-refractivity contribution in [2.24, 2.45) is 0 Å². The number of aryl methyl sites for hydroxylation is 2. The zero-order chi connectivity index (χ0) is 15.4. The normalized spacial score (nSPS) is 10.8. The molecule has 3 rings (SSSR count). The summed E-state index contributed by atoms with van der Waals surface area (Å²) in [6.07, 6.45) is 1.75. The number of aromatic nitrogens is 2. The van der Waals surface area contributed by atoms with Crippen molar-refractivity contribution in [3.8, 4) is 0 Å². The summed E-state index contributed by atoms with van der Waals surface area (Å²) < 4.78 is 1.21. The van der Waals surface area contributed by atoms with E-state index in [9.17, 15) is 4.79 Å². The summed E-state index contributed by atoms with van der Waals surface area (Å²) in [6, 6.07) is 13.6. The summed E-state index contributed by atoms with van der Waals surface area (Å²) in [6.45, 7) is 2.51. The van der Waals surface area contributed by atoms with Gasteiger partial charge in [-0.25, -0.2) is 9.97 Å². The van der Waals surface area contributed by atoms with Gasteiger partial charge in [0.25, 0.3) is 5.91 Å². The lowest BCUT2D eigenvalue weighted by Crippen LogP contribution is -2.25. The highest BCUT2D eigenvalue weighted by atomic mass is 32.1. The van der Waals surface area contributed by atoms with Crippen molar-refractivity contribution in [3.63, 3.8) is 0 Å². The highest BCUT2D eigenvalue weighted by molar-refractivity contribution is 7.18. The highest BCUT2D eigenvalue weighted by Gasteiger charge is 2.07. The molecule has 0 fully saturated rings. The van der Waals surface area contributed by atoms with Crippen LogP contribution >= 0.6 is 11.3 Å². The second-order valence-corrected chi connectivity index (χ2v) is 6.21. The van der Waals surface area contributed by atoms with E-state index >= 15 is 0 Å². The number of fused-ring (bicyclic) bond motifs is 1. The number of nitrogens with one attached hydrogen (secondary N) is 1. The largest absolute Gasteiger partial charge is 0.351 e. The lowest BCUT2D eigenvalue weighted by molar-refractivity contribution is 0.0948. The van der Waals surface area contributed by atoms with Crippen molar-refractivity contribution in [1.29, 1.82) is 0 Å². The maximum Gasteiger partial charge on any atom is 0.269 e. The van der Waals surface area contributed by atoms with E-state index in [1.165, 1.54) is 4.70 Å². The predicted molar refractivity (Wildman–Crippen MR) is 89.2 cm³/mol. The average molecular weight is 311 g/mol. The number of pyridine rings is 1. The van der Waals surface area contributed by atoms with E-state index < -0.39 is 0 Å². The van der Waals surface area contributed by atoms with Crippen LogP contribution in [0.4, 0.5) is 0 Å². The molecule has 0 unspecified atom stereocenters. The molecule has 22 heavy (non-hydrogen) atoms. The van der Waals surface area contributed by atoms with Gasteiger partial charge < -0.3 is 5.32 Å². The van der Waals surface area contributed by atoms with Gasteiger partial charge in [0.1, 0.15) is 5.69 Å². The molecular weight excluding hydrogens is 294 g/mol. The average Bonchev–Trinajstić information content (AvgIpc) is 2.94. The molecule has 4 nitrogen and oxygen atoms in total. The molecule has 1 amide bonds. The van der Waals surface area contributed by atoms with Crippen molar-refractivity contribution >= 4 is 27.5 Å². The van der Waals surface area contributed by atoms with E-state index in [4.69, 9.17) is 0 Å². The molecule has 3 aromatic rings. The number of amides is 1. The van der Waals surface area contributed by atoms with Crippen molar-refractivity contribution in [3.05, 3.63) is 58.9 Å². The fourth-order valence-corrected chi connectivity index (χ4v) is 3.24. The molecule has 0 aliphatic heterocycles. The van der Waals surface area contributed by atoms with Crippen LogP contribution in [0.3, 0.4) is 0 Å². The zero-order valence-corrected chi connectivity index (χ0v) is 13.2.